The van der Waals surface area contributed by atoms with Gasteiger partial charge in [-0.05, 0) is 25.3 Å². The lowest BCUT2D eigenvalue weighted by molar-refractivity contribution is -0.121. The monoisotopic (exact) mass is 301 g/mol. The standard InChI is InChI=1S/C17H23N3O2/c1-12(2)9-10-18-15(21)7-8-16-19-17(20-22-16)14-6-4-5-13(3)11-14/h4-6,11-12H,7-10H2,1-3H3,(H,18,21). The molecule has 0 aliphatic rings. The lowest BCUT2D eigenvalue weighted by Gasteiger charge is -2.05. The fourth-order valence-electron chi connectivity index (χ4n) is 2.07. The van der Waals surface area contributed by atoms with Crippen LogP contribution in [-0.2, 0) is 11.2 Å². The Morgan fingerprint density at radius 1 is 1.36 bits per heavy atom. The van der Waals surface area contributed by atoms with Gasteiger partial charge in [-0.3, -0.25) is 4.79 Å². The number of hydrogen-bond acceptors (Lipinski definition) is 4. The Morgan fingerprint density at radius 2 is 2.18 bits per heavy atom. The first-order valence-corrected chi connectivity index (χ1v) is 7.71. The van der Waals surface area contributed by atoms with Gasteiger partial charge in [-0.2, -0.15) is 4.98 Å². The molecule has 1 aromatic carbocycles. The molecule has 1 aromatic heterocycles. The normalized spacial score (nSPS) is 10.9. The van der Waals surface area contributed by atoms with Crippen molar-refractivity contribution in [3.63, 3.8) is 0 Å². The highest BCUT2D eigenvalue weighted by molar-refractivity contribution is 5.75. The fraction of sp³-hybridized carbons (Fsp3) is 0.471. The molecule has 1 heterocycles. The number of aryl methyl sites for hydroxylation is 2. The SMILES string of the molecule is Cc1cccc(-c2noc(CCC(=O)NCCC(C)C)n2)c1. The molecule has 0 unspecified atom stereocenters. The van der Waals surface area contributed by atoms with Crippen LogP contribution in [0, 0.1) is 12.8 Å². The number of rotatable bonds is 7. The summed E-state index contributed by atoms with van der Waals surface area (Å²) in [6, 6.07) is 7.93. The Bertz CT molecular complexity index is 620. The maximum atomic E-state index is 11.7. The van der Waals surface area contributed by atoms with Gasteiger partial charge in [0.15, 0.2) is 0 Å². The van der Waals surface area contributed by atoms with Crippen molar-refractivity contribution in [2.24, 2.45) is 5.92 Å². The van der Waals surface area contributed by atoms with Crippen LogP contribution in [0.15, 0.2) is 28.8 Å². The summed E-state index contributed by atoms with van der Waals surface area (Å²) in [7, 11) is 0. The summed E-state index contributed by atoms with van der Waals surface area (Å²) in [5.74, 6) is 1.68. The third-order valence-electron chi connectivity index (χ3n) is 3.35. The van der Waals surface area contributed by atoms with Gasteiger partial charge in [0.25, 0.3) is 0 Å². The van der Waals surface area contributed by atoms with E-state index in [1.165, 1.54) is 0 Å². The zero-order valence-corrected chi connectivity index (χ0v) is 13.4. The first-order chi connectivity index (χ1) is 10.5. The molecule has 5 nitrogen and oxygen atoms in total. The van der Waals surface area contributed by atoms with Gasteiger partial charge in [-0.15, -0.1) is 0 Å². The Hall–Kier alpha value is -2.17. The Balaban J connectivity index is 1.83. The molecule has 0 radical (unpaired) electrons. The van der Waals surface area contributed by atoms with Crippen LogP contribution < -0.4 is 5.32 Å². The summed E-state index contributed by atoms with van der Waals surface area (Å²) in [6.45, 7) is 7.01. The zero-order valence-electron chi connectivity index (χ0n) is 13.4. The van der Waals surface area contributed by atoms with E-state index in [0.717, 1.165) is 24.1 Å². The predicted octanol–water partition coefficient (Wildman–Crippen LogP) is 3.14. The van der Waals surface area contributed by atoms with Crippen LogP contribution in [0.25, 0.3) is 11.4 Å². The second-order valence-electron chi connectivity index (χ2n) is 5.91. The van der Waals surface area contributed by atoms with Crippen LogP contribution in [0.3, 0.4) is 0 Å². The van der Waals surface area contributed by atoms with Gasteiger partial charge in [0, 0.05) is 24.9 Å². The van der Waals surface area contributed by atoms with Crippen molar-refractivity contribution in [1.82, 2.24) is 15.5 Å². The van der Waals surface area contributed by atoms with Crippen LogP contribution in [-0.4, -0.2) is 22.6 Å². The number of nitrogens with one attached hydrogen (secondary N) is 1. The minimum Gasteiger partial charge on any atom is -0.356 e. The summed E-state index contributed by atoms with van der Waals surface area (Å²) in [4.78, 5) is 16.1. The van der Waals surface area contributed by atoms with E-state index in [-0.39, 0.29) is 5.91 Å². The minimum absolute atomic E-state index is 0.0240. The lowest BCUT2D eigenvalue weighted by atomic mass is 10.1. The average molecular weight is 301 g/mol. The number of nitrogens with zero attached hydrogens (tertiary/aromatic N) is 2. The summed E-state index contributed by atoms with van der Waals surface area (Å²) in [5, 5.41) is 6.87. The molecule has 22 heavy (non-hydrogen) atoms. The maximum Gasteiger partial charge on any atom is 0.227 e. The van der Waals surface area contributed by atoms with Crippen molar-refractivity contribution in [2.45, 2.75) is 40.0 Å². The number of amides is 1. The van der Waals surface area contributed by atoms with Gasteiger partial charge in [0.1, 0.15) is 0 Å². The first-order valence-electron chi connectivity index (χ1n) is 7.71. The molecule has 0 bridgehead atoms. The van der Waals surface area contributed by atoms with Crippen molar-refractivity contribution < 1.29 is 9.32 Å². The third kappa shape index (κ3) is 4.98. The molecular weight excluding hydrogens is 278 g/mol. The molecule has 0 atom stereocenters. The minimum atomic E-state index is 0.0240. The number of benzene rings is 1. The van der Waals surface area contributed by atoms with Gasteiger partial charge >= 0.3 is 0 Å². The van der Waals surface area contributed by atoms with E-state index in [1.807, 2.05) is 31.2 Å². The van der Waals surface area contributed by atoms with E-state index < -0.39 is 0 Å². The molecule has 0 aliphatic carbocycles. The van der Waals surface area contributed by atoms with E-state index in [1.54, 1.807) is 0 Å². The molecule has 1 amide bonds. The highest BCUT2D eigenvalue weighted by atomic mass is 16.5. The zero-order chi connectivity index (χ0) is 15.9. The van der Waals surface area contributed by atoms with Gasteiger partial charge in [-0.25, -0.2) is 0 Å². The molecule has 2 rings (SSSR count). The van der Waals surface area contributed by atoms with Gasteiger partial charge in [0.2, 0.25) is 17.6 Å². The van der Waals surface area contributed by atoms with E-state index >= 15 is 0 Å². The highest BCUT2D eigenvalue weighted by Gasteiger charge is 2.10. The molecule has 2 aromatic rings. The van der Waals surface area contributed by atoms with Crippen molar-refractivity contribution >= 4 is 5.91 Å². The second-order valence-corrected chi connectivity index (χ2v) is 5.91. The molecule has 118 valence electrons. The van der Waals surface area contributed by atoms with E-state index in [2.05, 4.69) is 29.3 Å². The van der Waals surface area contributed by atoms with Crippen molar-refractivity contribution in [2.75, 3.05) is 6.54 Å². The highest BCUT2D eigenvalue weighted by Crippen LogP contribution is 2.17. The summed E-state index contributed by atoms with van der Waals surface area (Å²) in [5.41, 5.74) is 2.07. The molecular formula is C17H23N3O2. The van der Waals surface area contributed by atoms with Gasteiger partial charge in [0.05, 0.1) is 0 Å². The molecule has 0 saturated carbocycles. The number of carbonyl (C=O) groups is 1. The topological polar surface area (TPSA) is 68.0 Å². The average Bonchev–Trinajstić information content (AvgIpc) is 2.93. The lowest BCUT2D eigenvalue weighted by Crippen LogP contribution is -2.25. The number of carbonyl (C=O) groups excluding carboxylic acids is 1. The molecule has 0 fully saturated rings. The Kier molecular flexibility index (Phi) is 5.69. The predicted molar refractivity (Wildman–Crippen MR) is 85.3 cm³/mol. The van der Waals surface area contributed by atoms with Crippen LogP contribution >= 0.6 is 0 Å². The van der Waals surface area contributed by atoms with E-state index in [0.29, 0.717) is 30.5 Å². The summed E-state index contributed by atoms with van der Waals surface area (Å²) < 4.78 is 5.21. The molecule has 5 heteroatoms. The van der Waals surface area contributed by atoms with Crippen molar-refractivity contribution in [3.05, 3.63) is 35.7 Å². The maximum absolute atomic E-state index is 11.7. The smallest absolute Gasteiger partial charge is 0.227 e. The van der Waals surface area contributed by atoms with E-state index in [9.17, 15) is 4.79 Å². The van der Waals surface area contributed by atoms with E-state index in [4.69, 9.17) is 4.52 Å². The third-order valence-corrected chi connectivity index (χ3v) is 3.35. The fourth-order valence-corrected chi connectivity index (χ4v) is 2.07. The Labute approximate surface area is 131 Å². The van der Waals surface area contributed by atoms with Crippen LogP contribution in [0.1, 0.15) is 38.1 Å². The van der Waals surface area contributed by atoms with Crippen molar-refractivity contribution in [3.8, 4) is 11.4 Å². The van der Waals surface area contributed by atoms with Gasteiger partial charge < -0.3 is 9.84 Å². The molecule has 0 saturated heterocycles. The molecule has 1 N–H and O–H groups in total. The largest absolute Gasteiger partial charge is 0.356 e. The molecule has 0 aliphatic heterocycles. The molecule has 0 spiro atoms. The van der Waals surface area contributed by atoms with Crippen molar-refractivity contribution in [1.29, 1.82) is 0 Å². The van der Waals surface area contributed by atoms with Crippen LogP contribution in [0.4, 0.5) is 0 Å². The van der Waals surface area contributed by atoms with Crippen LogP contribution in [0.2, 0.25) is 0 Å². The summed E-state index contributed by atoms with van der Waals surface area (Å²) >= 11 is 0. The summed E-state index contributed by atoms with van der Waals surface area (Å²) in [6.07, 6.45) is 1.82. The Morgan fingerprint density at radius 3 is 2.91 bits per heavy atom. The number of hydrogen-bond donors (Lipinski definition) is 1. The number of aromatic nitrogens is 2. The quantitative estimate of drug-likeness (QED) is 0.853. The second kappa shape index (κ2) is 7.73. The first kappa shape index (κ1) is 16.2. The van der Waals surface area contributed by atoms with Crippen LogP contribution in [0.5, 0.6) is 0 Å². The van der Waals surface area contributed by atoms with Gasteiger partial charge in [-0.1, -0.05) is 42.8 Å².